The van der Waals surface area contributed by atoms with E-state index in [0.717, 1.165) is 17.6 Å². The van der Waals surface area contributed by atoms with Crippen LogP contribution in [0.4, 0.5) is 0 Å². The van der Waals surface area contributed by atoms with E-state index in [1.54, 1.807) is 0 Å². The number of nitrogens with zero attached hydrogens (tertiary/aromatic N) is 2. The lowest BCUT2D eigenvalue weighted by atomic mass is 9.85. The van der Waals surface area contributed by atoms with E-state index in [4.69, 9.17) is 5.73 Å². The SMILES string of the molecule is CCN(CC)C(N)=NCC(C)(C)c1ccccc1Br.I. The van der Waals surface area contributed by atoms with Gasteiger partial charge in [0.05, 0.1) is 6.54 Å². The molecule has 0 amide bonds. The third-order valence-corrected chi connectivity index (χ3v) is 4.02. The normalized spacial score (nSPS) is 11.9. The van der Waals surface area contributed by atoms with Gasteiger partial charge in [-0.15, -0.1) is 24.0 Å². The maximum absolute atomic E-state index is 6.03. The molecule has 0 heterocycles. The second kappa shape index (κ2) is 8.87. The van der Waals surface area contributed by atoms with Gasteiger partial charge in [-0.2, -0.15) is 0 Å². The number of guanidine groups is 1. The number of nitrogens with two attached hydrogens (primary N) is 1. The van der Waals surface area contributed by atoms with Gasteiger partial charge in [-0.05, 0) is 25.5 Å². The summed E-state index contributed by atoms with van der Waals surface area (Å²) in [6.45, 7) is 11.0. The molecular formula is C15H25BrIN3. The molecule has 0 saturated carbocycles. The van der Waals surface area contributed by atoms with Crippen LogP contribution >= 0.6 is 39.9 Å². The number of benzene rings is 1. The molecule has 0 aliphatic carbocycles. The molecule has 0 atom stereocenters. The Morgan fingerprint density at radius 3 is 2.30 bits per heavy atom. The summed E-state index contributed by atoms with van der Waals surface area (Å²) >= 11 is 3.61. The molecule has 1 aromatic carbocycles. The molecule has 0 bridgehead atoms. The molecule has 0 aliphatic rings. The fraction of sp³-hybridized carbons (Fsp3) is 0.533. The molecular weight excluding hydrogens is 429 g/mol. The van der Waals surface area contributed by atoms with Crippen LogP contribution in [-0.4, -0.2) is 30.5 Å². The summed E-state index contributed by atoms with van der Waals surface area (Å²) in [6, 6.07) is 8.28. The number of rotatable bonds is 5. The highest BCUT2D eigenvalue weighted by Crippen LogP contribution is 2.30. The van der Waals surface area contributed by atoms with Crippen LogP contribution in [0.15, 0.2) is 33.7 Å². The second-order valence-electron chi connectivity index (χ2n) is 5.21. The second-order valence-corrected chi connectivity index (χ2v) is 6.06. The Hall–Kier alpha value is -0.300. The Bertz CT molecular complexity index is 442. The monoisotopic (exact) mass is 453 g/mol. The van der Waals surface area contributed by atoms with Crippen molar-refractivity contribution >= 4 is 45.9 Å². The van der Waals surface area contributed by atoms with Crippen molar-refractivity contribution in [2.45, 2.75) is 33.1 Å². The van der Waals surface area contributed by atoms with E-state index in [2.05, 4.69) is 71.7 Å². The zero-order chi connectivity index (χ0) is 14.5. The first kappa shape index (κ1) is 19.7. The van der Waals surface area contributed by atoms with Crippen LogP contribution in [0, 0.1) is 0 Å². The summed E-state index contributed by atoms with van der Waals surface area (Å²) < 4.78 is 1.12. The van der Waals surface area contributed by atoms with Crippen LogP contribution in [0.1, 0.15) is 33.3 Å². The minimum absolute atomic E-state index is 0. The summed E-state index contributed by atoms with van der Waals surface area (Å²) in [7, 11) is 0. The molecule has 0 fully saturated rings. The van der Waals surface area contributed by atoms with Crippen LogP contribution in [-0.2, 0) is 5.41 Å². The molecule has 0 saturated heterocycles. The van der Waals surface area contributed by atoms with Crippen LogP contribution in [0.2, 0.25) is 0 Å². The Morgan fingerprint density at radius 1 is 1.25 bits per heavy atom. The van der Waals surface area contributed by atoms with E-state index in [0.29, 0.717) is 12.5 Å². The van der Waals surface area contributed by atoms with Gasteiger partial charge in [0.15, 0.2) is 5.96 Å². The number of halogens is 2. The largest absolute Gasteiger partial charge is 0.370 e. The first-order valence-corrected chi connectivity index (χ1v) is 7.51. The van der Waals surface area contributed by atoms with Crippen LogP contribution in [0.3, 0.4) is 0 Å². The summed E-state index contributed by atoms with van der Waals surface area (Å²) in [5, 5.41) is 0. The van der Waals surface area contributed by atoms with E-state index in [1.807, 2.05) is 6.07 Å². The van der Waals surface area contributed by atoms with Crippen molar-refractivity contribution in [3.05, 3.63) is 34.3 Å². The van der Waals surface area contributed by atoms with Crippen molar-refractivity contribution in [2.24, 2.45) is 10.7 Å². The fourth-order valence-corrected chi connectivity index (χ4v) is 2.84. The average Bonchev–Trinajstić information content (AvgIpc) is 2.38. The van der Waals surface area contributed by atoms with E-state index >= 15 is 0 Å². The van der Waals surface area contributed by atoms with Gasteiger partial charge in [-0.25, -0.2) is 0 Å². The first-order chi connectivity index (χ1) is 8.92. The molecule has 0 aromatic heterocycles. The third kappa shape index (κ3) is 5.24. The standard InChI is InChI=1S/C15H24BrN3.HI/c1-5-19(6-2)14(17)18-11-15(3,4)12-9-7-8-10-13(12)16;/h7-10H,5-6,11H2,1-4H3,(H2,17,18);1H. The number of hydrogen-bond acceptors (Lipinski definition) is 1. The maximum Gasteiger partial charge on any atom is 0.191 e. The number of aliphatic imine (C=N–C) groups is 1. The van der Waals surface area contributed by atoms with Crippen LogP contribution < -0.4 is 5.73 Å². The van der Waals surface area contributed by atoms with Crippen molar-refractivity contribution in [1.29, 1.82) is 0 Å². The highest BCUT2D eigenvalue weighted by molar-refractivity contribution is 14.0. The van der Waals surface area contributed by atoms with Gasteiger partial charge in [0.2, 0.25) is 0 Å². The Labute approximate surface area is 148 Å². The minimum atomic E-state index is -0.0438. The summed E-state index contributed by atoms with van der Waals surface area (Å²) in [5.74, 6) is 0.630. The molecule has 1 rings (SSSR count). The zero-order valence-corrected chi connectivity index (χ0v) is 16.6. The lowest BCUT2D eigenvalue weighted by Crippen LogP contribution is -2.38. The predicted octanol–water partition coefficient (Wildman–Crippen LogP) is 4.00. The summed E-state index contributed by atoms with van der Waals surface area (Å²) in [5.41, 5.74) is 7.24. The number of hydrogen-bond donors (Lipinski definition) is 1. The van der Waals surface area contributed by atoms with E-state index in [-0.39, 0.29) is 29.4 Å². The first-order valence-electron chi connectivity index (χ1n) is 6.72. The van der Waals surface area contributed by atoms with Gasteiger partial charge < -0.3 is 10.6 Å². The van der Waals surface area contributed by atoms with Crippen LogP contribution in [0.5, 0.6) is 0 Å². The van der Waals surface area contributed by atoms with Gasteiger partial charge in [-0.1, -0.05) is 48.0 Å². The van der Waals surface area contributed by atoms with Gasteiger partial charge in [0.25, 0.3) is 0 Å². The molecule has 5 heteroatoms. The summed E-state index contributed by atoms with van der Waals surface area (Å²) in [4.78, 5) is 6.62. The lowest BCUT2D eigenvalue weighted by Gasteiger charge is -2.26. The Morgan fingerprint density at radius 2 is 1.80 bits per heavy atom. The molecule has 20 heavy (non-hydrogen) atoms. The highest BCUT2D eigenvalue weighted by atomic mass is 127. The van der Waals surface area contributed by atoms with Crippen molar-refractivity contribution in [2.75, 3.05) is 19.6 Å². The molecule has 0 spiro atoms. The van der Waals surface area contributed by atoms with E-state index in [1.165, 1.54) is 5.56 Å². The molecule has 0 aliphatic heterocycles. The molecule has 1 aromatic rings. The van der Waals surface area contributed by atoms with Gasteiger partial charge in [0.1, 0.15) is 0 Å². The fourth-order valence-electron chi connectivity index (χ4n) is 2.02. The van der Waals surface area contributed by atoms with Crippen LogP contribution in [0.25, 0.3) is 0 Å². The van der Waals surface area contributed by atoms with E-state index in [9.17, 15) is 0 Å². The van der Waals surface area contributed by atoms with Crippen molar-refractivity contribution in [3.63, 3.8) is 0 Å². The van der Waals surface area contributed by atoms with Gasteiger partial charge in [0, 0.05) is 23.0 Å². The molecule has 0 radical (unpaired) electrons. The third-order valence-electron chi connectivity index (χ3n) is 3.33. The quantitative estimate of drug-likeness (QED) is 0.416. The zero-order valence-electron chi connectivity index (χ0n) is 12.7. The van der Waals surface area contributed by atoms with E-state index < -0.39 is 0 Å². The molecule has 2 N–H and O–H groups in total. The maximum atomic E-state index is 6.03. The predicted molar refractivity (Wildman–Crippen MR) is 102 cm³/mol. The Balaban J connectivity index is 0.00000361. The highest BCUT2D eigenvalue weighted by Gasteiger charge is 2.22. The smallest absolute Gasteiger partial charge is 0.191 e. The van der Waals surface area contributed by atoms with Crippen molar-refractivity contribution in [1.82, 2.24) is 4.90 Å². The van der Waals surface area contributed by atoms with Crippen molar-refractivity contribution in [3.8, 4) is 0 Å². The topological polar surface area (TPSA) is 41.6 Å². The van der Waals surface area contributed by atoms with Crippen molar-refractivity contribution < 1.29 is 0 Å². The Kier molecular flexibility index (Phi) is 8.74. The summed E-state index contributed by atoms with van der Waals surface area (Å²) in [6.07, 6.45) is 0. The average molecular weight is 454 g/mol. The molecule has 114 valence electrons. The van der Waals surface area contributed by atoms with Gasteiger partial charge >= 0.3 is 0 Å². The van der Waals surface area contributed by atoms with Gasteiger partial charge in [-0.3, -0.25) is 4.99 Å². The lowest BCUT2D eigenvalue weighted by molar-refractivity contribution is 0.451. The minimum Gasteiger partial charge on any atom is -0.370 e. The molecule has 0 unspecified atom stereocenters. The molecule has 3 nitrogen and oxygen atoms in total.